The standard InChI is InChI=1S/C13H16N2O/c14-8-9-15(11-13-7-4-10-16-13)12-5-2-1-3-6-12/h1-7,10H,8-9,11,14H2. The molecule has 0 unspecified atom stereocenters. The van der Waals surface area contributed by atoms with Gasteiger partial charge in [0.05, 0.1) is 12.8 Å². The van der Waals surface area contributed by atoms with Crippen LogP contribution in [0.25, 0.3) is 0 Å². The lowest BCUT2D eigenvalue weighted by Crippen LogP contribution is -2.28. The molecule has 84 valence electrons. The van der Waals surface area contributed by atoms with Gasteiger partial charge in [-0.2, -0.15) is 0 Å². The summed E-state index contributed by atoms with van der Waals surface area (Å²) < 4.78 is 5.35. The number of hydrogen-bond acceptors (Lipinski definition) is 3. The number of rotatable bonds is 5. The second kappa shape index (κ2) is 5.37. The first kappa shape index (κ1) is 10.8. The number of nitrogens with two attached hydrogens (primary N) is 1. The predicted octanol–water partition coefficient (Wildman–Crippen LogP) is 2.24. The lowest BCUT2D eigenvalue weighted by molar-refractivity contribution is 0.502. The monoisotopic (exact) mass is 216 g/mol. The van der Waals surface area contributed by atoms with E-state index in [4.69, 9.17) is 10.2 Å². The van der Waals surface area contributed by atoms with Crippen LogP contribution in [0.15, 0.2) is 53.1 Å². The van der Waals surface area contributed by atoms with Gasteiger partial charge in [0.15, 0.2) is 0 Å². The molecular weight excluding hydrogens is 200 g/mol. The van der Waals surface area contributed by atoms with Gasteiger partial charge in [-0.05, 0) is 24.3 Å². The van der Waals surface area contributed by atoms with Crippen molar-refractivity contribution in [3.05, 3.63) is 54.5 Å². The minimum atomic E-state index is 0.635. The van der Waals surface area contributed by atoms with Gasteiger partial charge in [-0.25, -0.2) is 0 Å². The van der Waals surface area contributed by atoms with Crippen molar-refractivity contribution in [2.45, 2.75) is 6.54 Å². The summed E-state index contributed by atoms with van der Waals surface area (Å²) >= 11 is 0. The van der Waals surface area contributed by atoms with Crippen LogP contribution in [-0.4, -0.2) is 13.1 Å². The van der Waals surface area contributed by atoms with Crippen LogP contribution in [0.3, 0.4) is 0 Å². The lowest BCUT2D eigenvalue weighted by atomic mass is 10.2. The number of anilines is 1. The summed E-state index contributed by atoms with van der Waals surface area (Å²) in [6, 6.07) is 14.1. The Morgan fingerprint density at radius 2 is 1.88 bits per heavy atom. The van der Waals surface area contributed by atoms with Crippen molar-refractivity contribution in [2.24, 2.45) is 5.73 Å². The Kier molecular flexibility index (Phi) is 3.62. The first-order chi connectivity index (χ1) is 7.90. The van der Waals surface area contributed by atoms with Gasteiger partial charge in [0.1, 0.15) is 5.76 Å². The van der Waals surface area contributed by atoms with E-state index in [2.05, 4.69) is 17.0 Å². The molecule has 3 nitrogen and oxygen atoms in total. The average Bonchev–Trinajstić information content (AvgIpc) is 2.83. The third kappa shape index (κ3) is 2.64. The van der Waals surface area contributed by atoms with Crippen molar-refractivity contribution < 1.29 is 4.42 Å². The Labute approximate surface area is 95.5 Å². The summed E-state index contributed by atoms with van der Waals surface area (Å²) in [5.41, 5.74) is 6.79. The van der Waals surface area contributed by atoms with Crippen LogP contribution in [0, 0.1) is 0 Å². The Balaban J connectivity index is 2.11. The van der Waals surface area contributed by atoms with E-state index < -0.39 is 0 Å². The molecule has 3 heteroatoms. The van der Waals surface area contributed by atoms with Crippen LogP contribution in [0.5, 0.6) is 0 Å². The Hall–Kier alpha value is -1.74. The maximum absolute atomic E-state index is 5.62. The largest absolute Gasteiger partial charge is 0.467 e. The van der Waals surface area contributed by atoms with Gasteiger partial charge < -0.3 is 15.1 Å². The molecule has 0 atom stereocenters. The first-order valence-corrected chi connectivity index (χ1v) is 5.42. The molecule has 0 aliphatic carbocycles. The van der Waals surface area contributed by atoms with Gasteiger partial charge in [0.25, 0.3) is 0 Å². The fraction of sp³-hybridized carbons (Fsp3) is 0.231. The molecule has 0 saturated carbocycles. The van der Waals surface area contributed by atoms with Crippen LogP contribution in [0.2, 0.25) is 0 Å². The maximum atomic E-state index is 5.62. The fourth-order valence-electron chi connectivity index (χ4n) is 1.68. The smallest absolute Gasteiger partial charge is 0.123 e. The molecule has 16 heavy (non-hydrogen) atoms. The molecule has 2 aromatic rings. The van der Waals surface area contributed by atoms with E-state index in [1.807, 2.05) is 30.3 Å². The number of hydrogen-bond donors (Lipinski definition) is 1. The molecule has 0 fully saturated rings. The summed E-state index contributed by atoms with van der Waals surface area (Å²) in [5, 5.41) is 0. The number of furan rings is 1. The van der Waals surface area contributed by atoms with E-state index in [-0.39, 0.29) is 0 Å². The van der Waals surface area contributed by atoms with Gasteiger partial charge in [0.2, 0.25) is 0 Å². The molecule has 0 spiro atoms. The molecule has 0 radical (unpaired) electrons. The van der Waals surface area contributed by atoms with E-state index in [1.165, 1.54) is 5.69 Å². The van der Waals surface area contributed by atoms with E-state index in [0.717, 1.165) is 18.8 Å². The quantitative estimate of drug-likeness (QED) is 0.833. The van der Waals surface area contributed by atoms with Gasteiger partial charge in [0, 0.05) is 18.8 Å². The summed E-state index contributed by atoms with van der Waals surface area (Å²) in [4.78, 5) is 2.21. The van der Waals surface area contributed by atoms with Crippen molar-refractivity contribution in [2.75, 3.05) is 18.0 Å². The summed E-state index contributed by atoms with van der Waals surface area (Å²) in [6.07, 6.45) is 1.70. The molecule has 0 amide bonds. The molecule has 2 rings (SSSR count). The minimum absolute atomic E-state index is 0.635. The zero-order chi connectivity index (χ0) is 11.2. The van der Waals surface area contributed by atoms with Crippen molar-refractivity contribution in [1.82, 2.24) is 0 Å². The third-order valence-electron chi connectivity index (χ3n) is 2.45. The number of para-hydroxylation sites is 1. The minimum Gasteiger partial charge on any atom is -0.467 e. The third-order valence-corrected chi connectivity index (χ3v) is 2.45. The van der Waals surface area contributed by atoms with Crippen molar-refractivity contribution in [3.8, 4) is 0 Å². The zero-order valence-corrected chi connectivity index (χ0v) is 9.17. The molecule has 1 aromatic carbocycles. The predicted molar refractivity (Wildman–Crippen MR) is 65.3 cm³/mol. The van der Waals surface area contributed by atoms with Gasteiger partial charge in [-0.3, -0.25) is 0 Å². The van der Waals surface area contributed by atoms with Gasteiger partial charge in [-0.15, -0.1) is 0 Å². The molecular formula is C13H16N2O. The highest BCUT2D eigenvalue weighted by Gasteiger charge is 2.07. The van der Waals surface area contributed by atoms with Crippen molar-refractivity contribution in [3.63, 3.8) is 0 Å². The summed E-state index contributed by atoms with van der Waals surface area (Å²) in [5.74, 6) is 0.956. The highest BCUT2D eigenvalue weighted by molar-refractivity contribution is 5.46. The SMILES string of the molecule is NCCN(Cc1ccco1)c1ccccc1. The van der Waals surface area contributed by atoms with E-state index in [0.29, 0.717) is 6.54 Å². The first-order valence-electron chi connectivity index (χ1n) is 5.42. The van der Waals surface area contributed by atoms with Crippen molar-refractivity contribution in [1.29, 1.82) is 0 Å². The zero-order valence-electron chi connectivity index (χ0n) is 9.17. The molecule has 0 aliphatic rings. The molecule has 2 N–H and O–H groups in total. The van der Waals surface area contributed by atoms with E-state index in [9.17, 15) is 0 Å². The van der Waals surface area contributed by atoms with Crippen LogP contribution >= 0.6 is 0 Å². The molecule has 0 bridgehead atoms. The van der Waals surface area contributed by atoms with Crippen LogP contribution in [0.1, 0.15) is 5.76 Å². The van der Waals surface area contributed by atoms with E-state index in [1.54, 1.807) is 6.26 Å². The van der Waals surface area contributed by atoms with Crippen LogP contribution in [-0.2, 0) is 6.54 Å². The highest BCUT2D eigenvalue weighted by atomic mass is 16.3. The molecule has 0 saturated heterocycles. The van der Waals surface area contributed by atoms with Gasteiger partial charge >= 0.3 is 0 Å². The van der Waals surface area contributed by atoms with Crippen LogP contribution < -0.4 is 10.6 Å². The Morgan fingerprint density at radius 1 is 1.06 bits per heavy atom. The van der Waals surface area contributed by atoms with E-state index >= 15 is 0 Å². The number of benzene rings is 1. The normalized spacial score (nSPS) is 10.3. The highest BCUT2D eigenvalue weighted by Crippen LogP contribution is 2.16. The Bertz CT molecular complexity index is 397. The summed E-state index contributed by atoms with van der Waals surface area (Å²) in [6.45, 7) is 2.22. The topological polar surface area (TPSA) is 42.4 Å². The Morgan fingerprint density at radius 3 is 2.50 bits per heavy atom. The number of nitrogens with zero attached hydrogens (tertiary/aromatic N) is 1. The van der Waals surface area contributed by atoms with Gasteiger partial charge in [-0.1, -0.05) is 18.2 Å². The van der Waals surface area contributed by atoms with Crippen molar-refractivity contribution >= 4 is 5.69 Å². The molecule has 0 aliphatic heterocycles. The fourth-order valence-corrected chi connectivity index (χ4v) is 1.68. The maximum Gasteiger partial charge on any atom is 0.123 e. The second-order valence-corrected chi connectivity index (χ2v) is 3.63. The molecule has 1 aromatic heterocycles. The molecule has 1 heterocycles. The average molecular weight is 216 g/mol. The summed E-state index contributed by atoms with van der Waals surface area (Å²) in [7, 11) is 0. The lowest BCUT2D eigenvalue weighted by Gasteiger charge is -2.22. The van der Waals surface area contributed by atoms with Crippen LogP contribution in [0.4, 0.5) is 5.69 Å². The second-order valence-electron chi connectivity index (χ2n) is 3.63.